The van der Waals surface area contributed by atoms with Gasteiger partial charge in [-0.15, -0.1) is 24.0 Å². The molecule has 0 aliphatic heterocycles. The standard InChI is InChI=1S/C23H32N6O.HI/c1-24-23(28-20-9-5-8-18(14-20)22(30)27-19-10-11-19)26-15-21-25-12-13-29(21)16-17-6-3-2-4-7-17;/h2-4,6-7,12-13,18-20H,5,8-11,14-16H2,1H3,(H,27,30)(H2,24,26,28);1H. The van der Waals surface area contributed by atoms with Crippen LogP contribution in [0.25, 0.3) is 0 Å². The van der Waals surface area contributed by atoms with E-state index in [0.717, 1.165) is 56.9 Å². The molecule has 7 nitrogen and oxygen atoms in total. The van der Waals surface area contributed by atoms with Gasteiger partial charge in [-0.1, -0.05) is 36.8 Å². The molecule has 2 saturated carbocycles. The third kappa shape index (κ3) is 6.95. The molecule has 1 aromatic carbocycles. The predicted molar refractivity (Wildman–Crippen MR) is 133 cm³/mol. The Kier molecular flexibility index (Phi) is 8.74. The van der Waals surface area contributed by atoms with Gasteiger partial charge in [0.05, 0.1) is 6.54 Å². The van der Waals surface area contributed by atoms with Crippen molar-refractivity contribution < 1.29 is 4.79 Å². The van der Waals surface area contributed by atoms with E-state index in [1.165, 1.54) is 5.56 Å². The Morgan fingerprint density at radius 1 is 1.13 bits per heavy atom. The molecular weight excluding hydrogens is 503 g/mol. The number of nitrogens with one attached hydrogen (secondary N) is 3. The molecular formula is C23H33IN6O. The van der Waals surface area contributed by atoms with E-state index < -0.39 is 0 Å². The van der Waals surface area contributed by atoms with E-state index in [1.807, 2.05) is 18.5 Å². The van der Waals surface area contributed by atoms with Gasteiger partial charge in [0.25, 0.3) is 0 Å². The van der Waals surface area contributed by atoms with Gasteiger partial charge in [-0.2, -0.15) is 0 Å². The monoisotopic (exact) mass is 536 g/mol. The second kappa shape index (κ2) is 11.5. The summed E-state index contributed by atoms with van der Waals surface area (Å²) in [5, 5.41) is 10.1. The van der Waals surface area contributed by atoms with Crippen molar-refractivity contribution in [1.29, 1.82) is 0 Å². The van der Waals surface area contributed by atoms with E-state index in [4.69, 9.17) is 0 Å². The minimum Gasteiger partial charge on any atom is -0.354 e. The SMILES string of the molecule is CN=C(NCc1nccn1Cc1ccccc1)NC1CCCC(C(=O)NC2CC2)C1.I. The van der Waals surface area contributed by atoms with Crippen LogP contribution in [-0.2, 0) is 17.9 Å². The number of amides is 1. The maximum absolute atomic E-state index is 12.4. The molecule has 2 unspecified atom stereocenters. The van der Waals surface area contributed by atoms with Crippen LogP contribution in [-0.4, -0.2) is 40.5 Å². The van der Waals surface area contributed by atoms with Crippen LogP contribution in [0.5, 0.6) is 0 Å². The van der Waals surface area contributed by atoms with Crippen LogP contribution < -0.4 is 16.0 Å². The van der Waals surface area contributed by atoms with E-state index in [2.05, 4.69) is 54.8 Å². The first-order valence-corrected chi connectivity index (χ1v) is 11.0. The van der Waals surface area contributed by atoms with Crippen molar-refractivity contribution in [3.8, 4) is 0 Å². The Hall–Kier alpha value is -2.10. The van der Waals surface area contributed by atoms with E-state index in [1.54, 1.807) is 7.05 Å². The van der Waals surface area contributed by atoms with Gasteiger partial charge >= 0.3 is 0 Å². The quantitative estimate of drug-likeness (QED) is 0.289. The molecule has 1 aromatic heterocycles. The summed E-state index contributed by atoms with van der Waals surface area (Å²) in [4.78, 5) is 21.3. The van der Waals surface area contributed by atoms with Crippen molar-refractivity contribution in [2.75, 3.05) is 7.05 Å². The third-order valence-electron chi connectivity index (χ3n) is 5.94. The largest absolute Gasteiger partial charge is 0.354 e. The molecule has 0 spiro atoms. The molecule has 0 bridgehead atoms. The van der Waals surface area contributed by atoms with Crippen LogP contribution >= 0.6 is 24.0 Å². The maximum atomic E-state index is 12.4. The normalized spacial score (nSPS) is 21.1. The summed E-state index contributed by atoms with van der Waals surface area (Å²) in [5.74, 6) is 2.07. The predicted octanol–water partition coefficient (Wildman–Crippen LogP) is 3.05. The van der Waals surface area contributed by atoms with Crippen molar-refractivity contribution in [2.45, 2.75) is 63.7 Å². The first kappa shape index (κ1) is 23.6. The number of benzene rings is 1. The third-order valence-corrected chi connectivity index (χ3v) is 5.94. The highest BCUT2D eigenvalue weighted by molar-refractivity contribution is 14.0. The molecule has 168 valence electrons. The molecule has 2 aliphatic carbocycles. The molecule has 31 heavy (non-hydrogen) atoms. The van der Waals surface area contributed by atoms with Crippen LogP contribution in [0.3, 0.4) is 0 Å². The maximum Gasteiger partial charge on any atom is 0.223 e. The molecule has 2 fully saturated rings. The number of nitrogens with zero attached hydrogens (tertiary/aromatic N) is 3. The van der Waals surface area contributed by atoms with Gasteiger partial charge in [-0.25, -0.2) is 4.98 Å². The molecule has 1 heterocycles. The highest BCUT2D eigenvalue weighted by Gasteiger charge is 2.31. The van der Waals surface area contributed by atoms with Crippen molar-refractivity contribution in [1.82, 2.24) is 25.5 Å². The first-order valence-electron chi connectivity index (χ1n) is 11.0. The Labute approximate surface area is 201 Å². The summed E-state index contributed by atoms with van der Waals surface area (Å²) >= 11 is 0. The van der Waals surface area contributed by atoms with Gasteiger partial charge in [0.2, 0.25) is 5.91 Å². The number of imidazole rings is 1. The lowest BCUT2D eigenvalue weighted by atomic mass is 9.85. The molecule has 2 aliphatic rings. The lowest BCUT2D eigenvalue weighted by molar-refractivity contribution is -0.126. The number of hydrogen-bond acceptors (Lipinski definition) is 3. The van der Waals surface area contributed by atoms with Gasteiger partial charge in [0.1, 0.15) is 5.82 Å². The summed E-state index contributed by atoms with van der Waals surface area (Å²) < 4.78 is 2.15. The Morgan fingerprint density at radius 3 is 2.68 bits per heavy atom. The van der Waals surface area contributed by atoms with Crippen molar-refractivity contribution >= 4 is 35.8 Å². The number of aliphatic imine (C=N–C) groups is 1. The van der Waals surface area contributed by atoms with E-state index in [9.17, 15) is 4.79 Å². The molecule has 2 aromatic rings. The van der Waals surface area contributed by atoms with Gasteiger partial charge in [0, 0.05) is 44.0 Å². The molecule has 1 amide bonds. The molecule has 2 atom stereocenters. The highest BCUT2D eigenvalue weighted by atomic mass is 127. The summed E-state index contributed by atoms with van der Waals surface area (Å²) in [7, 11) is 1.78. The van der Waals surface area contributed by atoms with Crippen molar-refractivity contribution in [3.05, 3.63) is 54.1 Å². The van der Waals surface area contributed by atoms with Crippen LogP contribution in [0.4, 0.5) is 0 Å². The highest BCUT2D eigenvalue weighted by Crippen LogP contribution is 2.26. The van der Waals surface area contributed by atoms with Crippen LogP contribution in [0.1, 0.15) is 49.9 Å². The number of carbonyl (C=O) groups is 1. The minimum atomic E-state index is 0. The first-order chi connectivity index (χ1) is 14.7. The minimum absolute atomic E-state index is 0. The summed E-state index contributed by atoms with van der Waals surface area (Å²) in [6.07, 6.45) is 10.1. The van der Waals surface area contributed by atoms with Crippen LogP contribution in [0.15, 0.2) is 47.7 Å². The number of carbonyl (C=O) groups excluding carboxylic acids is 1. The number of halogens is 1. The second-order valence-corrected chi connectivity index (χ2v) is 8.37. The smallest absolute Gasteiger partial charge is 0.223 e. The Balaban J connectivity index is 0.00000272. The molecule has 4 rings (SSSR count). The van der Waals surface area contributed by atoms with E-state index >= 15 is 0 Å². The van der Waals surface area contributed by atoms with Gasteiger partial charge in [-0.05, 0) is 37.7 Å². The van der Waals surface area contributed by atoms with Crippen LogP contribution in [0, 0.1) is 5.92 Å². The number of guanidine groups is 1. The lowest BCUT2D eigenvalue weighted by Gasteiger charge is -2.30. The topological polar surface area (TPSA) is 83.3 Å². The number of aromatic nitrogens is 2. The zero-order valence-corrected chi connectivity index (χ0v) is 20.4. The number of rotatable bonds is 7. The van der Waals surface area contributed by atoms with Crippen molar-refractivity contribution in [2.24, 2.45) is 10.9 Å². The average molecular weight is 536 g/mol. The fourth-order valence-electron chi connectivity index (χ4n) is 4.09. The second-order valence-electron chi connectivity index (χ2n) is 8.37. The lowest BCUT2D eigenvalue weighted by Crippen LogP contribution is -2.47. The fraction of sp³-hybridized carbons (Fsp3) is 0.522. The van der Waals surface area contributed by atoms with Gasteiger partial charge < -0.3 is 20.5 Å². The molecule has 3 N–H and O–H groups in total. The average Bonchev–Trinajstić information content (AvgIpc) is 3.48. The molecule has 0 radical (unpaired) electrons. The fourth-order valence-corrected chi connectivity index (χ4v) is 4.09. The summed E-state index contributed by atoms with van der Waals surface area (Å²) in [5.41, 5.74) is 1.25. The zero-order chi connectivity index (χ0) is 20.8. The van der Waals surface area contributed by atoms with Crippen molar-refractivity contribution in [3.63, 3.8) is 0 Å². The number of hydrogen-bond donors (Lipinski definition) is 3. The molecule has 8 heteroatoms. The zero-order valence-electron chi connectivity index (χ0n) is 18.1. The molecule has 0 saturated heterocycles. The van der Waals surface area contributed by atoms with Crippen LogP contribution in [0.2, 0.25) is 0 Å². The summed E-state index contributed by atoms with van der Waals surface area (Å²) in [6.45, 7) is 1.39. The van der Waals surface area contributed by atoms with Gasteiger partial charge in [-0.3, -0.25) is 9.79 Å². The Morgan fingerprint density at radius 2 is 1.94 bits per heavy atom. The van der Waals surface area contributed by atoms with Gasteiger partial charge in [0.15, 0.2) is 5.96 Å². The summed E-state index contributed by atoms with van der Waals surface area (Å²) in [6, 6.07) is 11.1. The Bertz CT molecular complexity index is 864. The van der Waals surface area contributed by atoms with E-state index in [0.29, 0.717) is 12.6 Å². The van der Waals surface area contributed by atoms with E-state index in [-0.39, 0.29) is 41.8 Å².